The Morgan fingerprint density at radius 3 is 3.09 bits per heavy atom. The van der Waals surface area contributed by atoms with Gasteiger partial charge in [-0.2, -0.15) is 0 Å². The van der Waals surface area contributed by atoms with Gasteiger partial charge in [-0.15, -0.1) is 5.10 Å². The minimum absolute atomic E-state index is 0.584. The fourth-order valence-corrected chi connectivity index (χ4v) is 2.93. The summed E-state index contributed by atoms with van der Waals surface area (Å²) < 4.78 is 13.3. The molecule has 0 radical (unpaired) electrons. The predicted octanol–water partition coefficient (Wildman–Crippen LogP) is 2.20. The lowest BCUT2D eigenvalue weighted by Gasteiger charge is -2.18. The molecule has 0 amide bonds. The van der Waals surface area contributed by atoms with E-state index >= 15 is 0 Å². The van der Waals surface area contributed by atoms with Crippen molar-refractivity contribution in [3.63, 3.8) is 0 Å². The second kappa shape index (κ2) is 6.22. The van der Waals surface area contributed by atoms with Crippen molar-refractivity contribution in [2.24, 2.45) is 5.92 Å². The van der Waals surface area contributed by atoms with E-state index in [1.807, 2.05) is 16.8 Å². The molecule has 1 aliphatic heterocycles. The largest absolute Gasteiger partial charge is 0.468 e. The third-order valence-electron chi connectivity index (χ3n) is 4.38. The molecule has 2 aromatic heterocycles. The van der Waals surface area contributed by atoms with Crippen molar-refractivity contribution >= 4 is 0 Å². The van der Waals surface area contributed by atoms with Gasteiger partial charge in [-0.25, -0.2) is 4.68 Å². The van der Waals surface area contributed by atoms with Crippen LogP contribution in [0.25, 0.3) is 0 Å². The molecule has 0 unspecified atom stereocenters. The maximum atomic E-state index is 5.80. The first-order chi connectivity index (χ1) is 10.9. The molecule has 2 aliphatic rings. The molecule has 2 aromatic rings. The van der Waals surface area contributed by atoms with Gasteiger partial charge in [0.05, 0.1) is 25.1 Å². The Bertz CT molecular complexity index is 604. The molecule has 0 spiro atoms. The van der Waals surface area contributed by atoms with E-state index in [2.05, 4.69) is 15.2 Å². The predicted molar refractivity (Wildman–Crippen MR) is 79.8 cm³/mol. The Hall–Kier alpha value is -1.66. The summed E-state index contributed by atoms with van der Waals surface area (Å²) in [6.07, 6.45) is 5.45. The van der Waals surface area contributed by atoms with Gasteiger partial charge in [-0.3, -0.25) is 4.90 Å². The van der Waals surface area contributed by atoms with Gasteiger partial charge in [0, 0.05) is 26.2 Å². The third kappa shape index (κ3) is 3.23. The van der Waals surface area contributed by atoms with E-state index in [-0.39, 0.29) is 0 Å². The van der Waals surface area contributed by atoms with E-state index < -0.39 is 0 Å². The van der Waals surface area contributed by atoms with Crippen molar-refractivity contribution in [3.8, 4) is 0 Å². The van der Waals surface area contributed by atoms with Crippen LogP contribution in [-0.2, 0) is 31.0 Å². The molecule has 4 rings (SSSR count). The standard InChI is InChI=1S/C16H22N4O2/c1-3-14(22-8-1)9-19-6-2-7-20-16(10-19)15(17-18-20)12-21-11-13-4-5-13/h1,3,8,13H,2,4-7,9-12H2. The highest BCUT2D eigenvalue weighted by molar-refractivity contribution is 5.10. The lowest BCUT2D eigenvalue weighted by Crippen LogP contribution is -2.23. The molecule has 22 heavy (non-hydrogen) atoms. The van der Waals surface area contributed by atoms with Crippen LogP contribution in [0.15, 0.2) is 22.8 Å². The van der Waals surface area contributed by atoms with Gasteiger partial charge in [-0.1, -0.05) is 5.21 Å². The molecule has 6 nitrogen and oxygen atoms in total. The number of aromatic nitrogens is 3. The zero-order valence-electron chi connectivity index (χ0n) is 12.8. The highest BCUT2D eigenvalue weighted by Gasteiger charge is 2.23. The number of hydrogen-bond acceptors (Lipinski definition) is 5. The summed E-state index contributed by atoms with van der Waals surface area (Å²) in [4.78, 5) is 2.39. The Balaban J connectivity index is 1.42. The molecule has 0 N–H and O–H groups in total. The van der Waals surface area contributed by atoms with Crippen LogP contribution in [0.3, 0.4) is 0 Å². The van der Waals surface area contributed by atoms with E-state index in [4.69, 9.17) is 9.15 Å². The fraction of sp³-hybridized carbons (Fsp3) is 0.625. The van der Waals surface area contributed by atoms with Crippen LogP contribution in [0.2, 0.25) is 0 Å². The zero-order valence-corrected chi connectivity index (χ0v) is 12.8. The van der Waals surface area contributed by atoms with E-state index in [0.29, 0.717) is 6.61 Å². The van der Waals surface area contributed by atoms with Crippen LogP contribution >= 0.6 is 0 Å². The minimum atomic E-state index is 0.584. The second-order valence-corrected chi connectivity index (χ2v) is 6.31. The first-order valence-electron chi connectivity index (χ1n) is 8.12. The van der Waals surface area contributed by atoms with Gasteiger partial charge in [-0.05, 0) is 37.3 Å². The number of aryl methyl sites for hydroxylation is 1. The van der Waals surface area contributed by atoms with E-state index in [0.717, 1.165) is 56.6 Å². The molecule has 118 valence electrons. The number of nitrogens with zero attached hydrogens (tertiary/aromatic N) is 4. The molecule has 0 atom stereocenters. The van der Waals surface area contributed by atoms with Crippen molar-refractivity contribution in [1.29, 1.82) is 0 Å². The van der Waals surface area contributed by atoms with Gasteiger partial charge in [0.25, 0.3) is 0 Å². The quantitative estimate of drug-likeness (QED) is 0.819. The molecule has 1 aliphatic carbocycles. The van der Waals surface area contributed by atoms with Crippen LogP contribution in [0, 0.1) is 5.92 Å². The van der Waals surface area contributed by atoms with Crippen LogP contribution in [0.5, 0.6) is 0 Å². The second-order valence-electron chi connectivity index (χ2n) is 6.31. The maximum absolute atomic E-state index is 5.80. The molecule has 1 saturated carbocycles. The van der Waals surface area contributed by atoms with Crippen molar-refractivity contribution in [1.82, 2.24) is 19.9 Å². The van der Waals surface area contributed by atoms with Gasteiger partial charge < -0.3 is 9.15 Å². The number of hydrogen-bond donors (Lipinski definition) is 0. The van der Waals surface area contributed by atoms with E-state index in [1.54, 1.807) is 6.26 Å². The maximum Gasteiger partial charge on any atom is 0.117 e. The summed E-state index contributed by atoms with van der Waals surface area (Å²) in [7, 11) is 0. The lowest BCUT2D eigenvalue weighted by molar-refractivity contribution is 0.107. The smallest absolute Gasteiger partial charge is 0.117 e. The molecule has 6 heteroatoms. The zero-order chi connectivity index (χ0) is 14.8. The van der Waals surface area contributed by atoms with Gasteiger partial charge in [0.2, 0.25) is 0 Å². The number of ether oxygens (including phenoxy) is 1. The van der Waals surface area contributed by atoms with Crippen LogP contribution in [0.1, 0.15) is 36.4 Å². The Kier molecular flexibility index (Phi) is 3.95. The molecule has 0 bridgehead atoms. The molecule has 0 saturated heterocycles. The molecule has 3 heterocycles. The Labute approximate surface area is 130 Å². The van der Waals surface area contributed by atoms with Gasteiger partial charge in [0.15, 0.2) is 0 Å². The topological polar surface area (TPSA) is 56.3 Å². The average Bonchev–Trinajstić information content (AvgIpc) is 3.13. The van der Waals surface area contributed by atoms with Crippen LogP contribution < -0.4 is 0 Å². The summed E-state index contributed by atoms with van der Waals surface area (Å²) in [6.45, 7) is 5.12. The monoisotopic (exact) mass is 302 g/mol. The molecular weight excluding hydrogens is 280 g/mol. The minimum Gasteiger partial charge on any atom is -0.468 e. The molecule has 0 aromatic carbocycles. The Morgan fingerprint density at radius 1 is 1.32 bits per heavy atom. The number of furan rings is 1. The van der Waals surface area contributed by atoms with Crippen molar-refractivity contribution in [2.45, 2.75) is 45.5 Å². The highest BCUT2D eigenvalue weighted by atomic mass is 16.5. The first kappa shape index (κ1) is 14.0. The van der Waals surface area contributed by atoms with E-state index in [9.17, 15) is 0 Å². The third-order valence-corrected chi connectivity index (χ3v) is 4.38. The SMILES string of the molecule is c1coc(CN2CCCn3nnc(COCC4CC4)c3C2)c1. The normalized spacial score (nSPS) is 19.1. The molecular formula is C16H22N4O2. The van der Waals surface area contributed by atoms with Crippen molar-refractivity contribution in [3.05, 3.63) is 35.5 Å². The fourth-order valence-electron chi connectivity index (χ4n) is 2.93. The summed E-state index contributed by atoms with van der Waals surface area (Å²) in [5.41, 5.74) is 2.19. The summed E-state index contributed by atoms with van der Waals surface area (Å²) in [5, 5.41) is 8.62. The summed E-state index contributed by atoms with van der Waals surface area (Å²) in [6, 6.07) is 3.97. The summed E-state index contributed by atoms with van der Waals surface area (Å²) in [5.74, 6) is 1.79. The van der Waals surface area contributed by atoms with Crippen molar-refractivity contribution in [2.75, 3.05) is 13.2 Å². The number of fused-ring (bicyclic) bond motifs is 1. The molecule has 1 fully saturated rings. The highest BCUT2D eigenvalue weighted by Crippen LogP contribution is 2.29. The van der Waals surface area contributed by atoms with Crippen LogP contribution in [-0.4, -0.2) is 33.0 Å². The van der Waals surface area contributed by atoms with Crippen LogP contribution in [0.4, 0.5) is 0 Å². The first-order valence-corrected chi connectivity index (χ1v) is 8.12. The van der Waals surface area contributed by atoms with Gasteiger partial charge >= 0.3 is 0 Å². The van der Waals surface area contributed by atoms with Crippen molar-refractivity contribution < 1.29 is 9.15 Å². The number of rotatable bonds is 6. The average molecular weight is 302 g/mol. The van der Waals surface area contributed by atoms with E-state index in [1.165, 1.54) is 18.5 Å². The Morgan fingerprint density at radius 2 is 2.27 bits per heavy atom. The lowest BCUT2D eigenvalue weighted by atomic mass is 10.3. The summed E-state index contributed by atoms with van der Waals surface area (Å²) >= 11 is 0. The van der Waals surface area contributed by atoms with Gasteiger partial charge in [0.1, 0.15) is 11.5 Å².